The molecule has 11 heteroatoms. The van der Waals surface area contributed by atoms with Crippen molar-refractivity contribution in [1.82, 2.24) is 4.72 Å². The van der Waals surface area contributed by atoms with Crippen molar-refractivity contribution in [2.75, 3.05) is 24.3 Å². The fourth-order valence-electron chi connectivity index (χ4n) is 4.18. The lowest BCUT2D eigenvalue weighted by Gasteiger charge is -2.27. The molecule has 34 heavy (non-hydrogen) atoms. The summed E-state index contributed by atoms with van der Waals surface area (Å²) in [4.78, 5) is 14.2. The van der Waals surface area contributed by atoms with Crippen LogP contribution in [0.15, 0.2) is 36.4 Å². The third kappa shape index (κ3) is 5.63. The molecule has 0 unspecified atom stereocenters. The van der Waals surface area contributed by atoms with Crippen LogP contribution in [-0.4, -0.2) is 39.8 Å². The second-order valence-corrected chi connectivity index (χ2v) is 10.4. The predicted octanol–water partition coefficient (Wildman–Crippen LogP) is 4.46. The van der Waals surface area contributed by atoms with Crippen molar-refractivity contribution in [3.8, 4) is 5.75 Å². The Bertz CT molecular complexity index is 1180. The topological polar surface area (TPSA) is 75.7 Å². The van der Waals surface area contributed by atoms with Gasteiger partial charge in [-0.1, -0.05) is 0 Å². The second kappa shape index (κ2) is 9.09. The van der Waals surface area contributed by atoms with Crippen molar-refractivity contribution >= 4 is 21.6 Å². The van der Waals surface area contributed by atoms with E-state index >= 15 is 0 Å². The van der Waals surface area contributed by atoms with E-state index in [9.17, 15) is 30.8 Å². The molecule has 2 aliphatic rings. The van der Waals surface area contributed by atoms with E-state index in [-0.39, 0.29) is 29.9 Å². The number of hydrogen-bond donors (Lipinski definition) is 1. The Balaban J connectivity index is 1.50. The molecule has 1 aliphatic heterocycles. The van der Waals surface area contributed by atoms with E-state index in [1.807, 2.05) is 4.90 Å². The Labute approximate surface area is 194 Å². The lowest BCUT2D eigenvalue weighted by molar-refractivity contribution is -0.137. The average Bonchev–Trinajstić information content (AvgIpc) is 3.47. The summed E-state index contributed by atoms with van der Waals surface area (Å²) < 4.78 is 83.7. The monoisotopic (exact) mass is 500 g/mol. The van der Waals surface area contributed by atoms with E-state index in [2.05, 4.69) is 0 Å². The normalized spacial score (nSPS) is 18.7. The zero-order valence-electron chi connectivity index (χ0n) is 18.4. The molecular formula is C23H24F4N2O4S. The van der Waals surface area contributed by atoms with E-state index in [0.717, 1.165) is 50.1 Å². The van der Waals surface area contributed by atoms with Gasteiger partial charge in [0.05, 0.1) is 23.4 Å². The summed E-state index contributed by atoms with van der Waals surface area (Å²) in [6, 6.07) is 7.30. The van der Waals surface area contributed by atoms with Gasteiger partial charge in [-0.15, -0.1) is 0 Å². The molecule has 1 atom stereocenters. The summed E-state index contributed by atoms with van der Waals surface area (Å²) in [6.07, 6.45) is -0.307. The number of alkyl halides is 3. The molecule has 1 saturated heterocycles. The first-order valence-corrected chi connectivity index (χ1v) is 12.7. The van der Waals surface area contributed by atoms with Gasteiger partial charge in [-0.05, 0) is 67.5 Å². The van der Waals surface area contributed by atoms with Gasteiger partial charge in [0.2, 0.25) is 10.0 Å². The zero-order valence-corrected chi connectivity index (χ0v) is 19.2. The highest BCUT2D eigenvalue weighted by molar-refractivity contribution is 7.89. The van der Waals surface area contributed by atoms with Crippen LogP contribution in [-0.2, 0) is 16.2 Å². The van der Waals surface area contributed by atoms with Crippen molar-refractivity contribution < 1.29 is 35.5 Å². The molecule has 1 aliphatic carbocycles. The second-order valence-electron chi connectivity index (χ2n) is 8.69. The fraction of sp³-hybridized carbons (Fsp3) is 0.435. The minimum Gasteiger partial charge on any atom is -0.491 e. The molecule has 6 nitrogen and oxygen atoms in total. The molecule has 0 radical (unpaired) electrons. The van der Waals surface area contributed by atoms with Gasteiger partial charge < -0.3 is 9.64 Å². The van der Waals surface area contributed by atoms with Crippen LogP contribution in [0.3, 0.4) is 0 Å². The predicted molar refractivity (Wildman–Crippen MR) is 118 cm³/mol. The van der Waals surface area contributed by atoms with Crippen molar-refractivity contribution in [1.29, 1.82) is 0 Å². The molecule has 1 amide bonds. The van der Waals surface area contributed by atoms with E-state index in [1.165, 1.54) is 18.2 Å². The minimum atomic E-state index is -4.40. The van der Waals surface area contributed by atoms with E-state index < -0.39 is 33.5 Å². The quantitative estimate of drug-likeness (QED) is 0.569. The Hall–Kier alpha value is -2.82. The van der Waals surface area contributed by atoms with Gasteiger partial charge in [0.25, 0.3) is 5.91 Å². The Morgan fingerprint density at radius 2 is 1.82 bits per heavy atom. The largest absolute Gasteiger partial charge is 0.491 e. The third-order valence-electron chi connectivity index (χ3n) is 5.97. The highest BCUT2D eigenvalue weighted by Crippen LogP contribution is 2.45. The molecule has 2 aromatic rings. The number of rotatable bonds is 7. The highest BCUT2D eigenvalue weighted by atomic mass is 32.2. The Morgan fingerprint density at radius 1 is 1.15 bits per heavy atom. The summed E-state index contributed by atoms with van der Waals surface area (Å²) >= 11 is 0. The third-order valence-corrected chi connectivity index (χ3v) is 6.53. The first kappa shape index (κ1) is 24.3. The van der Waals surface area contributed by atoms with Gasteiger partial charge in [-0.2, -0.15) is 13.2 Å². The molecule has 0 aromatic heterocycles. The van der Waals surface area contributed by atoms with Crippen LogP contribution in [0.5, 0.6) is 5.75 Å². The van der Waals surface area contributed by atoms with Crippen molar-refractivity contribution in [3.63, 3.8) is 0 Å². The van der Waals surface area contributed by atoms with Crippen molar-refractivity contribution in [2.45, 2.75) is 43.8 Å². The molecule has 184 valence electrons. The molecule has 4 rings (SSSR count). The number of ether oxygens (including phenoxy) is 1. The van der Waals surface area contributed by atoms with Gasteiger partial charge in [0, 0.05) is 18.3 Å². The first-order valence-electron chi connectivity index (χ1n) is 10.8. The van der Waals surface area contributed by atoms with Crippen LogP contribution >= 0.6 is 0 Å². The summed E-state index contributed by atoms with van der Waals surface area (Å²) in [5, 5.41) is 0. The van der Waals surface area contributed by atoms with E-state index in [0.29, 0.717) is 17.8 Å². The maximum Gasteiger partial charge on any atom is 0.416 e. The van der Waals surface area contributed by atoms with Crippen LogP contribution in [0.4, 0.5) is 23.2 Å². The molecule has 1 N–H and O–H groups in total. The summed E-state index contributed by atoms with van der Waals surface area (Å²) in [6.45, 7) is 0.850. The number of anilines is 1. The molecule has 1 heterocycles. The molecule has 0 bridgehead atoms. The molecule has 2 aromatic carbocycles. The standard InChI is InChI=1S/C23H24F4N2O4S/c1-34(31,32)28-22(30)19-11-18(14-4-5-14)21(12-20(19)24)33-13-17-3-2-10-29(17)16-8-6-15(7-9-16)23(25,26)27/h6-9,11-12,14,17H,2-5,10,13H2,1H3,(H,28,30)/t17-/m1/s1. The van der Waals surface area contributed by atoms with Crippen molar-refractivity contribution in [3.05, 3.63) is 58.9 Å². The lowest BCUT2D eigenvalue weighted by Crippen LogP contribution is -2.34. The van der Waals surface area contributed by atoms with Crippen LogP contribution in [0.25, 0.3) is 0 Å². The Morgan fingerprint density at radius 3 is 2.41 bits per heavy atom. The minimum absolute atomic E-state index is 0.0926. The maximum atomic E-state index is 14.7. The molecule has 2 fully saturated rings. The molecular weight excluding hydrogens is 476 g/mol. The maximum absolute atomic E-state index is 14.7. The zero-order chi connectivity index (χ0) is 24.7. The average molecular weight is 501 g/mol. The van der Waals surface area contributed by atoms with Gasteiger partial charge >= 0.3 is 6.18 Å². The van der Waals surface area contributed by atoms with Gasteiger partial charge in [-0.3, -0.25) is 4.79 Å². The van der Waals surface area contributed by atoms with Crippen LogP contribution in [0, 0.1) is 5.82 Å². The number of carbonyl (C=O) groups is 1. The van der Waals surface area contributed by atoms with Gasteiger partial charge in [0.15, 0.2) is 0 Å². The number of hydrogen-bond acceptors (Lipinski definition) is 5. The van der Waals surface area contributed by atoms with Crippen LogP contribution in [0.1, 0.15) is 53.1 Å². The van der Waals surface area contributed by atoms with E-state index in [4.69, 9.17) is 4.74 Å². The number of amides is 1. The fourth-order valence-corrected chi connectivity index (χ4v) is 4.63. The smallest absolute Gasteiger partial charge is 0.416 e. The van der Waals surface area contributed by atoms with Crippen LogP contribution in [0.2, 0.25) is 0 Å². The Kier molecular flexibility index (Phi) is 6.50. The van der Waals surface area contributed by atoms with Crippen LogP contribution < -0.4 is 14.4 Å². The van der Waals surface area contributed by atoms with Crippen molar-refractivity contribution in [2.24, 2.45) is 0 Å². The highest BCUT2D eigenvalue weighted by Gasteiger charge is 2.33. The molecule has 1 saturated carbocycles. The van der Waals surface area contributed by atoms with E-state index in [1.54, 1.807) is 4.72 Å². The SMILES string of the molecule is CS(=O)(=O)NC(=O)c1cc(C2CC2)c(OC[C@H]2CCCN2c2ccc(C(F)(F)F)cc2)cc1F. The number of benzene rings is 2. The molecule has 0 spiro atoms. The lowest BCUT2D eigenvalue weighted by atomic mass is 10.0. The van der Waals surface area contributed by atoms with Gasteiger partial charge in [-0.25, -0.2) is 17.5 Å². The number of nitrogens with one attached hydrogen (secondary N) is 1. The number of carbonyl (C=O) groups excluding carboxylic acids is 1. The summed E-state index contributed by atoms with van der Waals surface area (Å²) in [5.41, 5.74) is 0.208. The number of halogens is 4. The summed E-state index contributed by atoms with van der Waals surface area (Å²) in [7, 11) is -3.85. The number of nitrogens with zero attached hydrogens (tertiary/aromatic N) is 1. The number of sulfonamides is 1. The van der Waals surface area contributed by atoms with Gasteiger partial charge in [0.1, 0.15) is 18.2 Å². The first-order chi connectivity index (χ1) is 15.9. The summed E-state index contributed by atoms with van der Waals surface area (Å²) in [5.74, 6) is -1.56.